The highest BCUT2D eigenvalue weighted by Crippen LogP contribution is 2.30. The van der Waals surface area contributed by atoms with Gasteiger partial charge in [0.1, 0.15) is 0 Å². The SMILES string of the molecule is CS(=O)(=O)CS(=O)(=O)Nc1ccc(Br)c2ccccc12. The van der Waals surface area contributed by atoms with E-state index in [2.05, 4.69) is 20.7 Å². The van der Waals surface area contributed by atoms with Crippen molar-refractivity contribution in [2.75, 3.05) is 16.1 Å². The van der Waals surface area contributed by atoms with Gasteiger partial charge in [0.05, 0.1) is 5.69 Å². The molecule has 0 saturated heterocycles. The number of sulfonamides is 1. The fraction of sp³-hybridized carbons (Fsp3) is 0.167. The zero-order valence-corrected chi connectivity index (χ0v) is 13.7. The summed E-state index contributed by atoms with van der Waals surface area (Å²) in [5, 5.41) is 0.593. The summed E-state index contributed by atoms with van der Waals surface area (Å²) in [6.45, 7) is 0. The van der Waals surface area contributed by atoms with Crippen molar-refractivity contribution in [3.05, 3.63) is 40.9 Å². The van der Waals surface area contributed by atoms with Crippen molar-refractivity contribution in [2.24, 2.45) is 0 Å². The summed E-state index contributed by atoms with van der Waals surface area (Å²) in [4.78, 5) is 0. The van der Waals surface area contributed by atoms with Crippen molar-refractivity contribution < 1.29 is 16.8 Å². The molecular weight excluding hydrogens is 366 g/mol. The van der Waals surface area contributed by atoms with E-state index in [4.69, 9.17) is 0 Å². The number of benzene rings is 2. The summed E-state index contributed by atoms with van der Waals surface area (Å²) in [7, 11) is -7.57. The van der Waals surface area contributed by atoms with Crippen LogP contribution in [0.15, 0.2) is 40.9 Å². The molecule has 2 rings (SSSR count). The highest BCUT2D eigenvalue weighted by atomic mass is 79.9. The molecule has 8 heteroatoms. The monoisotopic (exact) mass is 377 g/mol. The van der Waals surface area contributed by atoms with Crippen LogP contribution >= 0.6 is 15.9 Å². The van der Waals surface area contributed by atoms with Gasteiger partial charge < -0.3 is 0 Å². The Kier molecular flexibility index (Phi) is 4.08. The Labute approximate surface area is 126 Å². The third-order valence-electron chi connectivity index (χ3n) is 2.51. The summed E-state index contributed by atoms with van der Waals surface area (Å²) in [6, 6.07) is 10.5. The van der Waals surface area contributed by atoms with Gasteiger partial charge in [-0.25, -0.2) is 16.8 Å². The molecule has 0 atom stereocenters. The summed E-state index contributed by atoms with van der Waals surface area (Å²) in [5.41, 5.74) is 0.354. The molecule has 1 N–H and O–H groups in total. The van der Waals surface area contributed by atoms with Gasteiger partial charge in [-0.05, 0) is 17.5 Å². The standard InChI is InChI=1S/C12H12BrNO4S2/c1-19(15,16)8-20(17,18)14-12-7-6-11(13)9-4-2-3-5-10(9)12/h2-7,14H,8H2,1H3. The third-order valence-corrected chi connectivity index (χ3v) is 6.68. The van der Waals surface area contributed by atoms with Crippen molar-refractivity contribution in [3.8, 4) is 0 Å². The van der Waals surface area contributed by atoms with Crippen molar-refractivity contribution in [1.29, 1.82) is 0 Å². The van der Waals surface area contributed by atoms with E-state index < -0.39 is 24.9 Å². The van der Waals surface area contributed by atoms with E-state index in [1.807, 2.05) is 12.1 Å². The molecule has 0 aliphatic heterocycles. The van der Waals surface area contributed by atoms with Crippen molar-refractivity contribution in [2.45, 2.75) is 0 Å². The van der Waals surface area contributed by atoms with Crippen LogP contribution in [0.4, 0.5) is 5.69 Å². The van der Waals surface area contributed by atoms with Crippen LogP contribution in [0, 0.1) is 0 Å². The Morgan fingerprint density at radius 3 is 2.20 bits per heavy atom. The van der Waals surface area contributed by atoms with E-state index in [1.165, 1.54) is 0 Å². The molecule has 0 radical (unpaired) electrons. The maximum atomic E-state index is 11.8. The normalized spacial score (nSPS) is 12.5. The minimum absolute atomic E-state index is 0.354. The molecule has 0 heterocycles. The number of hydrogen-bond donors (Lipinski definition) is 1. The average molecular weight is 378 g/mol. The van der Waals surface area contributed by atoms with Gasteiger partial charge in [-0.2, -0.15) is 0 Å². The minimum Gasteiger partial charge on any atom is -0.282 e. The van der Waals surface area contributed by atoms with E-state index in [-0.39, 0.29) is 0 Å². The highest BCUT2D eigenvalue weighted by Gasteiger charge is 2.19. The number of rotatable bonds is 4. The number of anilines is 1. The van der Waals surface area contributed by atoms with Crippen molar-refractivity contribution in [3.63, 3.8) is 0 Å². The number of halogens is 1. The molecule has 20 heavy (non-hydrogen) atoms. The van der Waals surface area contributed by atoms with Crippen LogP contribution in [0.5, 0.6) is 0 Å². The van der Waals surface area contributed by atoms with Gasteiger partial charge in [-0.1, -0.05) is 40.2 Å². The molecule has 0 saturated carbocycles. The zero-order valence-electron chi connectivity index (χ0n) is 10.5. The first kappa shape index (κ1) is 15.3. The topological polar surface area (TPSA) is 80.3 Å². The molecule has 5 nitrogen and oxygen atoms in total. The van der Waals surface area contributed by atoms with Crippen LogP contribution in [-0.2, 0) is 19.9 Å². The molecule has 0 unspecified atom stereocenters. The van der Waals surface area contributed by atoms with Crippen LogP contribution in [0.2, 0.25) is 0 Å². The summed E-state index contributed by atoms with van der Waals surface area (Å²) < 4.78 is 49.1. The number of sulfone groups is 1. The van der Waals surface area contributed by atoms with E-state index in [0.717, 1.165) is 16.1 Å². The zero-order chi connectivity index (χ0) is 15.0. The van der Waals surface area contributed by atoms with Crippen LogP contribution in [0.3, 0.4) is 0 Å². The number of nitrogens with one attached hydrogen (secondary N) is 1. The Balaban J connectivity index is 2.48. The van der Waals surface area contributed by atoms with E-state index >= 15 is 0 Å². The largest absolute Gasteiger partial charge is 0.282 e. The van der Waals surface area contributed by atoms with Gasteiger partial charge in [0.2, 0.25) is 10.0 Å². The van der Waals surface area contributed by atoms with Gasteiger partial charge in [-0.15, -0.1) is 0 Å². The molecule has 0 aliphatic carbocycles. The van der Waals surface area contributed by atoms with E-state index in [9.17, 15) is 16.8 Å². The van der Waals surface area contributed by atoms with Crippen LogP contribution in [0.25, 0.3) is 10.8 Å². The second-order valence-electron chi connectivity index (χ2n) is 4.40. The van der Waals surface area contributed by atoms with Crippen LogP contribution in [0.1, 0.15) is 0 Å². The number of fused-ring (bicyclic) bond motifs is 1. The second kappa shape index (κ2) is 5.34. The minimum atomic E-state index is -3.95. The predicted octanol–water partition coefficient (Wildman–Crippen LogP) is 2.35. The Morgan fingerprint density at radius 1 is 1.00 bits per heavy atom. The lowest BCUT2D eigenvalue weighted by atomic mass is 10.1. The lowest BCUT2D eigenvalue weighted by Crippen LogP contribution is -2.22. The van der Waals surface area contributed by atoms with Crippen LogP contribution in [-0.4, -0.2) is 28.2 Å². The maximum Gasteiger partial charge on any atom is 0.247 e. The molecule has 0 aliphatic rings. The second-order valence-corrected chi connectivity index (χ2v) is 9.48. The Hall–Kier alpha value is -1.12. The first-order chi connectivity index (χ1) is 9.18. The van der Waals surface area contributed by atoms with E-state index in [1.54, 1.807) is 24.3 Å². The van der Waals surface area contributed by atoms with Gasteiger partial charge in [0.25, 0.3) is 0 Å². The molecule has 108 valence electrons. The lowest BCUT2D eigenvalue weighted by molar-refractivity contribution is 0.595. The first-order valence-electron chi connectivity index (χ1n) is 5.53. The van der Waals surface area contributed by atoms with Gasteiger partial charge >= 0.3 is 0 Å². The lowest BCUT2D eigenvalue weighted by Gasteiger charge is -2.11. The maximum absolute atomic E-state index is 11.8. The molecule has 0 amide bonds. The smallest absolute Gasteiger partial charge is 0.247 e. The van der Waals surface area contributed by atoms with Crippen LogP contribution < -0.4 is 4.72 Å². The van der Waals surface area contributed by atoms with E-state index in [0.29, 0.717) is 11.1 Å². The van der Waals surface area contributed by atoms with Crippen molar-refractivity contribution >= 4 is 52.3 Å². The molecule has 0 bridgehead atoms. The van der Waals surface area contributed by atoms with Crippen molar-refractivity contribution in [1.82, 2.24) is 0 Å². The quantitative estimate of drug-likeness (QED) is 0.886. The molecular formula is C12H12BrNO4S2. The molecule has 2 aromatic carbocycles. The average Bonchev–Trinajstić information content (AvgIpc) is 2.30. The number of hydrogen-bond acceptors (Lipinski definition) is 4. The van der Waals surface area contributed by atoms with Gasteiger partial charge in [-0.3, -0.25) is 4.72 Å². The Morgan fingerprint density at radius 2 is 1.60 bits per heavy atom. The molecule has 0 fully saturated rings. The summed E-state index contributed by atoms with van der Waals surface area (Å²) in [5.74, 6) is 0. The molecule has 0 spiro atoms. The van der Waals surface area contributed by atoms with Gasteiger partial charge in [0.15, 0.2) is 14.9 Å². The fourth-order valence-corrected chi connectivity index (χ4v) is 5.31. The molecule has 2 aromatic rings. The molecule has 0 aromatic heterocycles. The summed E-state index contributed by atoms with van der Waals surface area (Å²) in [6.07, 6.45) is 0.881. The van der Waals surface area contributed by atoms with Gasteiger partial charge in [0, 0.05) is 16.1 Å². The predicted molar refractivity (Wildman–Crippen MR) is 83.9 cm³/mol. The Bertz CT molecular complexity index is 860. The fourth-order valence-electron chi connectivity index (χ4n) is 1.83. The third kappa shape index (κ3) is 3.71. The highest BCUT2D eigenvalue weighted by molar-refractivity contribution is 9.10. The summed E-state index contributed by atoms with van der Waals surface area (Å²) >= 11 is 3.39. The first-order valence-corrected chi connectivity index (χ1v) is 10.0.